The molecule has 1 N–H and O–H groups in total. The summed E-state index contributed by atoms with van der Waals surface area (Å²) in [6, 6.07) is 8.56. The fourth-order valence-corrected chi connectivity index (χ4v) is 5.01. The number of rotatable bonds is 4. The third-order valence-corrected chi connectivity index (χ3v) is 6.61. The number of anilines is 1. The van der Waals surface area contributed by atoms with Gasteiger partial charge in [-0.05, 0) is 49.7 Å². The van der Waals surface area contributed by atoms with E-state index in [-0.39, 0.29) is 44.7 Å². The lowest BCUT2D eigenvalue weighted by Gasteiger charge is -2.22. The molecule has 0 spiro atoms. The van der Waals surface area contributed by atoms with Crippen molar-refractivity contribution in [3.63, 3.8) is 0 Å². The second-order valence-electron chi connectivity index (χ2n) is 7.62. The number of ether oxygens (including phenoxy) is 1. The lowest BCUT2D eigenvalue weighted by Crippen LogP contribution is -2.29. The summed E-state index contributed by atoms with van der Waals surface area (Å²) in [5.41, 5.74) is 0.277. The van der Waals surface area contributed by atoms with Crippen LogP contribution in [0.4, 0.5) is 9.52 Å². The average molecular weight is 480 g/mol. The molecular weight excluding hydrogens is 463 g/mol. The van der Waals surface area contributed by atoms with Crippen LogP contribution in [0.2, 0.25) is 0 Å². The zero-order chi connectivity index (χ0) is 24.1. The molecule has 172 valence electrons. The van der Waals surface area contributed by atoms with E-state index in [2.05, 4.69) is 4.98 Å². The van der Waals surface area contributed by atoms with Crippen LogP contribution in [-0.2, 0) is 4.74 Å². The maximum Gasteiger partial charge on any atom is 0.350 e. The largest absolute Gasteiger partial charge is 0.508 e. The first-order valence-corrected chi connectivity index (χ1v) is 11.1. The van der Waals surface area contributed by atoms with Gasteiger partial charge in [0, 0.05) is 0 Å². The molecule has 1 amide bonds. The number of fused-ring (bicyclic) bond motifs is 2. The molecule has 0 saturated carbocycles. The first-order valence-electron chi connectivity index (χ1n) is 10.3. The van der Waals surface area contributed by atoms with E-state index in [1.165, 1.54) is 23.1 Å². The highest BCUT2D eigenvalue weighted by atomic mass is 32.1. The number of phenols is 1. The summed E-state index contributed by atoms with van der Waals surface area (Å²) in [5, 5.41) is 10.2. The molecule has 0 saturated heterocycles. The van der Waals surface area contributed by atoms with Crippen LogP contribution in [0.5, 0.6) is 5.75 Å². The maximum atomic E-state index is 13.9. The molecule has 1 aliphatic rings. The number of halogens is 1. The Kier molecular flexibility index (Phi) is 5.17. The lowest BCUT2D eigenvalue weighted by molar-refractivity contribution is 0.0531. The highest BCUT2D eigenvalue weighted by Gasteiger charge is 2.45. The molecule has 1 atom stereocenters. The van der Waals surface area contributed by atoms with Gasteiger partial charge in [0.05, 0.1) is 29.3 Å². The van der Waals surface area contributed by atoms with Gasteiger partial charge in [0.25, 0.3) is 5.91 Å². The number of benzene rings is 2. The third kappa shape index (κ3) is 3.34. The van der Waals surface area contributed by atoms with Crippen LogP contribution < -0.4 is 10.3 Å². The van der Waals surface area contributed by atoms with E-state index in [0.29, 0.717) is 11.3 Å². The van der Waals surface area contributed by atoms with Crippen molar-refractivity contribution >= 4 is 39.3 Å². The highest BCUT2D eigenvalue weighted by Crippen LogP contribution is 2.43. The summed E-state index contributed by atoms with van der Waals surface area (Å²) in [5.74, 6) is -2.11. The number of amides is 1. The van der Waals surface area contributed by atoms with Gasteiger partial charge in [-0.15, -0.1) is 0 Å². The second kappa shape index (κ2) is 8.07. The normalized spacial score (nSPS) is 15.1. The van der Waals surface area contributed by atoms with Gasteiger partial charge in [0.15, 0.2) is 10.6 Å². The number of aromatic hydroxyl groups is 1. The molecule has 0 fully saturated rings. The summed E-state index contributed by atoms with van der Waals surface area (Å²) in [6.07, 6.45) is 0. The Morgan fingerprint density at radius 3 is 2.79 bits per heavy atom. The molecule has 8 nitrogen and oxygen atoms in total. The van der Waals surface area contributed by atoms with Gasteiger partial charge in [-0.1, -0.05) is 23.5 Å². The highest BCUT2D eigenvalue weighted by molar-refractivity contribution is 7.17. The molecule has 34 heavy (non-hydrogen) atoms. The van der Waals surface area contributed by atoms with Gasteiger partial charge < -0.3 is 14.3 Å². The quantitative estimate of drug-likeness (QED) is 0.433. The topological polar surface area (TPSA) is 110 Å². The third-order valence-electron chi connectivity index (χ3n) is 5.47. The van der Waals surface area contributed by atoms with E-state index in [0.717, 1.165) is 23.5 Å². The molecule has 4 aromatic rings. The molecule has 0 radical (unpaired) electrons. The van der Waals surface area contributed by atoms with E-state index in [1.807, 2.05) is 0 Å². The minimum absolute atomic E-state index is 0.000706. The van der Waals surface area contributed by atoms with Crippen LogP contribution in [0.3, 0.4) is 0 Å². The van der Waals surface area contributed by atoms with E-state index in [1.54, 1.807) is 26.0 Å². The molecule has 10 heteroatoms. The number of thiazole rings is 1. The van der Waals surface area contributed by atoms with Crippen LogP contribution >= 0.6 is 11.3 Å². The van der Waals surface area contributed by atoms with Crippen molar-refractivity contribution in [1.29, 1.82) is 0 Å². The van der Waals surface area contributed by atoms with Crippen molar-refractivity contribution in [2.24, 2.45) is 0 Å². The van der Waals surface area contributed by atoms with E-state index in [4.69, 9.17) is 9.15 Å². The van der Waals surface area contributed by atoms with Gasteiger partial charge in [0.1, 0.15) is 22.0 Å². The fourth-order valence-electron chi connectivity index (χ4n) is 4.02. The number of hydrogen-bond acceptors (Lipinski definition) is 8. The van der Waals surface area contributed by atoms with Crippen molar-refractivity contribution in [3.8, 4) is 5.75 Å². The summed E-state index contributed by atoms with van der Waals surface area (Å²) in [4.78, 5) is 45.2. The minimum atomic E-state index is -1.01. The van der Waals surface area contributed by atoms with Crippen LogP contribution in [0, 0.1) is 12.7 Å². The molecule has 0 bridgehead atoms. The lowest BCUT2D eigenvalue weighted by atomic mass is 9.98. The Balaban J connectivity index is 1.76. The summed E-state index contributed by atoms with van der Waals surface area (Å²) >= 11 is 0.948. The monoisotopic (exact) mass is 480 g/mol. The molecular formula is C24H17FN2O6S. The van der Waals surface area contributed by atoms with Gasteiger partial charge in [0.2, 0.25) is 5.76 Å². The second-order valence-corrected chi connectivity index (χ2v) is 8.60. The summed E-state index contributed by atoms with van der Waals surface area (Å²) in [7, 11) is 0. The van der Waals surface area contributed by atoms with Crippen LogP contribution in [0.15, 0.2) is 51.7 Å². The number of phenolic OH excluding ortho intramolecular Hbond substituents is 1. The zero-order valence-corrected chi connectivity index (χ0v) is 18.8. The van der Waals surface area contributed by atoms with Crippen molar-refractivity contribution < 1.29 is 28.2 Å². The van der Waals surface area contributed by atoms with Gasteiger partial charge >= 0.3 is 5.97 Å². The molecule has 1 unspecified atom stereocenters. The summed E-state index contributed by atoms with van der Waals surface area (Å²) < 4.78 is 24.8. The predicted octanol–water partition coefficient (Wildman–Crippen LogP) is 4.33. The molecule has 3 heterocycles. The molecule has 2 aromatic heterocycles. The number of aromatic nitrogens is 1. The fraction of sp³-hybridized carbons (Fsp3) is 0.167. The van der Waals surface area contributed by atoms with Gasteiger partial charge in [-0.2, -0.15) is 0 Å². The number of aryl methyl sites for hydroxylation is 1. The summed E-state index contributed by atoms with van der Waals surface area (Å²) in [6.45, 7) is 3.47. The van der Waals surface area contributed by atoms with Gasteiger partial charge in [-0.25, -0.2) is 14.2 Å². The molecule has 5 rings (SSSR count). The van der Waals surface area contributed by atoms with Crippen LogP contribution in [-0.4, -0.2) is 28.6 Å². The van der Waals surface area contributed by atoms with Crippen molar-refractivity contribution in [2.75, 3.05) is 11.5 Å². The van der Waals surface area contributed by atoms with E-state index in [9.17, 15) is 23.9 Å². The van der Waals surface area contributed by atoms with Crippen LogP contribution in [0.1, 0.15) is 50.0 Å². The Morgan fingerprint density at radius 1 is 1.26 bits per heavy atom. The number of carbonyl (C=O) groups is 2. The first-order chi connectivity index (χ1) is 16.3. The Hall–Kier alpha value is -4.05. The number of hydrogen-bond donors (Lipinski definition) is 1. The minimum Gasteiger partial charge on any atom is -0.508 e. The zero-order valence-electron chi connectivity index (χ0n) is 18.0. The molecule has 1 aliphatic heterocycles. The van der Waals surface area contributed by atoms with E-state index >= 15 is 0 Å². The number of nitrogens with zero attached hydrogens (tertiary/aromatic N) is 2. The van der Waals surface area contributed by atoms with Crippen molar-refractivity contribution in [1.82, 2.24) is 4.98 Å². The first kappa shape index (κ1) is 21.8. The van der Waals surface area contributed by atoms with Crippen molar-refractivity contribution in [3.05, 3.63) is 86.0 Å². The Morgan fingerprint density at radius 2 is 2.06 bits per heavy atom. The maximum absolute atomic E-state index is 13.9. The standard InChI is InChI=1S/C24H17FN2O6S/c1-3-32-23(31)21-11(2)26-24(34-21)27-18(12-5-4-6-14(28)9-12)17-19(29)15-10-13(25)7-8-16(15)33-20(17)22(27)30/h4-10,18,28H,3H2,1-2H3. The molecule has 2 aromatic carbocycles. The Bertz CT molecular complexity index is 1540. The van der Waals surface area contributed by atoms with Crippen LogP contribution in [0.25, 0.3) is 11.0 Å². The number of carbonyl (C=O) groups excluding carboxylic acids is 2. The average Bonchev–Trinajstić information content (AvgIpc) is 3.32. The smallest absolute Gasteiger partial charge is 0.350 e. The van der Waals surface area contributed by atoms with Crippen molar-refractivity contribution in [2.45, 2.75) is 19.9 Å². The SMILES string of the molecule is CCOC(=O)c1sc(N2C(=O)c3oc4ccc(F)cc4c(=O)c3C2c2cccc(O)c2)nc1C. The molecule has 0 aliphatic carbocycles. The predicted molar refractivity (Wildman–Crippen MR) is 122 cm³/mol. The van der Waals surface area contributed by atoms with E-state index < -0.39 is 29.2 Å². The van der Waals surface area contributed by atoms with Gasteiger partial charge in [-0.3, -0.25) is 14.5 Å². The number of esters is 1. The Labute approximate surface area is 195 Å².